The Balaban J connectivity index is 0. The summed E-state index contributed by atoms with van der Waals surface area (Å²) in [4.78, 5) is 10.3. The van der Waals surface area contributed by atoms with Crippen LogP contribution in [0.3, 0.4) is 0 Å². The molecule has 0 amide bonds. The van der Waals surface area contributed by atoms with Crippen LogP contribution in [0.15, 0.2) is 12.2 Å². The van der Waals surface area contributed by atoms with Crippen molar-refractivity contribution in [3.63, 3.8) is 0 Å². The fourth-order valence-corrected chi connectivity index (χ4v) is 2.35. The molecule has 0 aromatic carbocycles. The molecular weight excluding hydrogens is 288 g/mol. The number of carboxylic acids is 1. The first kappa shape index (κ1) is 23.7. The number of allylic oxidation sites excluding steroid dienone is 2. The summed E-state index contributed by atoms with van der Waals surface area (Å²) in [5, 5.41) is 8.51. The summed E-state index contributed by atoms with van der Waals surface area (Å²) in [5.41, 5.74) is 0. The molecule has 0 spiro atoms. The van der Waals surface area contributed by atoms with Crippen molar-refractivity contribution in [3.8, 4) is 0 Å². The van der Waals surface area contributed by atoms with Crippen LogP contribution in [0, 0.1) is 0 Å². The van der Waals surface area contributed by atoms with Gasteiger partial charge in [-0.25, -0.2) is 0 Å². The molecule has 0 bridgehead atoms. The fraction of sp³-hybridized carbons (Fsp3) is 0.833. The van der Waals surface area contributed by atoms with Crippen molar-refractivity contribution < 1.29 is 9.90 Å². The molecule has 0 saturated heterocycles. The van der Waals surface area contributed by atoms with Gasteiger partial charge in [0, 0.05) is 6.42 Å². The summed E-state index contributed by atoms with van der Waals surface area (Å²) in [6.07, 6.45) is 21.2. The van der Waals surface area contributed by atoms with E-state index in [4.69, 9.17) is 5.11 Å². The molecule has 3 heteroatoms. The molecule has 0 aliphatic heterocycles. The van der Waals surface area contributed by atoms with E-state index in [1.54, 1.807) is 0 Å². The molecule has 0 aromatic heterocycles. The second kappa shape index (κ2) is 20.5. The van der Waals surface area contributed by atoms with E-state index in [1.807, 2.05) is 0 Å². The van der Waals surface area contributed by atoms with Crippen LogP contribution in [0.2, 0.25) is 0 Å². The Hall–Kier alpha value is 0.470. The van der Waals surface area contributed by atoms with E-state index in [-0.39, 0.29) is 37.7 Å². The zero-order chi connectivity index (χ0) is 14.9. The number of hydrogen-bond donors (Lipinski definition) is 1. The molecule has 0 radical (unpaired) electrons. The molecule has 21 heavy (non-hydrogen) atoms. The molecule has 0 unspecified atom stereocenters. The summed E-state index contributed by atoms with van der Waals surface area (Å²) in [6, 6.07) is 0. The van der Waals surface area contributed by atoms with Crippen LogP contribution in [-0.2, 0) is 4.79 Å². The topological polar surface area (TPSA) is 37.3 Å². The van der Waals surface area contributed by atoms with Gasteiger partial charge in [0.2, 0.25) is 0 Å². The second-order valence-corrected chi connectivity index (χ2v) is 5.73. The van der Waals surface area contributed by atoms with E-state index in [2.05, 4.69) is 19.1 Å². The quantitative estimate of drug-likeness (QED) is 0.256. The van der Waals surface area contributed by atoms with Gasteiger partial charge in [-0.3, -0.25) is 4.79 Å². The van der Waals surface area contributed by atoms with Crippen LogP contribution in [0.1, 0.15) is 96.8 Å². The van der Waals surface area contributed by atoms with Gasteiger partial charge in [-0.05, 0) is 32.1 Å². The number of aliphatic carboxylic acids is 1. The first-order valence-electron chi connectivity index (χ1n) is 8.64. The minimum absolute atomic E-state index is 0. The van der Waals surface area contributed by atoms with Gasteiger partial charge in [0.25, 0.3) is 0 Å². The minimum atomic E-state index is -0.664. The second-order valence-electron chi connectivity index (χ2n) is 5.73. The number of carbonyl (C=O) groups is 1. The zero-order valence-electron chi connectivity index (χ0n) is 13.4. The molecule has 0 aliphatic carbocycles. The van der Waals surface area contributed by atoms with Gasteiger partial charge < -0.3 is 5.11 Å². The molecule has 0 aliphatic rings. The normalized spacial score (nSPS) is 10.7. The van der Waals surface area contributed by atoms with E-state index in [0.717, 1.165) is 12.8 Å². The summed E-state index contributed by atoms with van der Waals surface area (Å²) >= 11 is 0. The van der Waals surface area contributed by atoms with Gasteiger partial charge in [0.15, 0.2) is 0 Å². The number of unbranched alkanes of at least 4 members (excludes halogenated alkanes) is 11. The van der Waals surface area contributed by atoms with Crippen LogP contribution in [0.4, 0.5) is 0 Å². The van der Waals surface area contributed by atoms with Crippen molar-refractivity contribution in [3.05, 3.63) is 12.2 Å². The van der Waals surface area contributed by atoms with Crippen molar-refractivity contribution in [2.24, 2.45) is 0 Å². The van der Waals surface area contributed by atoms with Crippen molar-refractivity contribution in [1.29, 1.82) is 0 Å². The molecule has 0 heterocycles. The van der Waals surface area contributed by atoms with Gasteiger partial charge in [-0.2, -0.15) is 0 Å². The summed E-state index contributed by atoms with van der Waals surface area (Å²) < 4.78 is 0. The molecule has 1 N–H and O–H groups in total. The first-order valence-corrected chi connectivity index (χ1v) is 8.64. The average molecular weight is 325 g/mol. The molecule has 0 rings (SSSR count). The van der Waals surface area contributed by atoms with Gasteiger partial charge >= 0.3 is 43.7 Å². The van der Waals surface area contributed by atoms with Crippen LogP contribution in [-0.4, -0.2) is 48.8 Å². The van der Waals surface area contributed by atoms with Crippen molar-refractivity contribution in [2.45, 2.75) is 96.8 Å². The summed E-state index contributed by atoms with van der Waals surface area (Å²) in [5.74, 6) is -0.664. The Morgan fingerprint density at radius 2 is 1.19 bits per heavy atom. The first-order chi connectivity index (χ1) is 9.77. The Kier molecular flexibility index (Phi) is 23.1. The molecule has 122 valence electrons. The van der Waals surface area contributed by atoms with E-state index < -0.39 is 5.97 Å². The van der Waals surface area contributed by atoms with Crippen molar-refractivity contribution in [2.75, 3.05) is 0 Å². The van der Waals surface area contributed by atoms with Gasteiger partial charge in [-0.15, -0.1) is 0 Å². The monoisotopic (exact) mass is 324 g/mol. The summed E-state index contributed by atoms with van der Waals surface area (Å²) in [6.45, 7) is 2.26. The Labute approximate surface area is 161 Å². The average Bonchev–Trinajstić information content (AvgIpc) is 2.43. The molecule has 2 nitrogen and oxygen atoms in total. The van der Waals surface area contributed by atoms with Gasteiger partial charge in [0.1, 0.15) is 0 Å². The Morgan fingerprint density at radius 1 is 0.762 bits per heavy atom. The predicted octanol–water partition coefficient (Wildman–Crippen LogP) is 5.19. The maximum absolute atomic E-state index is 10.3. The van der Waals surface area contributed by atoms with Crippen LogP contribution in [0.25, 0.3) is 0 Å². The fourth-order valence-electron chi connectivity index (χ4n) is 2.35. The van der Waals surface area contributed by atoms with Crippen LogP contribution < -0.4 is 0 Å². The maximum atomic E-state index is 10.3. The van der Waals surface area contributed by atoms with Crippen molar-refractivity contribution in [1.82, 2.24) is 0 Å². The SMILES string of the molecule is CCCCCCCC/C=C/CCCCCCCC(=O)O.[CaH2]. The molecule has 0 atom stereocenters. The van der Waals surface area contributed by atoms with E-state index in [1.165, 1.54) is 70.6 Å². The molecular formula is C18H36CaO2. The van der Waals surface area contributed by atoms with Gasteiger partial charge in [0.05, 0.1) is 0 Å². The summed E-state index contributed by atoms with van der Waals surface area (Å²) in [7, 11) is 0. The number of carboxylic acid groups (broad SMARTS) is 1. The number of hydrogen-bond acceptors (Lipinski definition) is 1. The van der Waals surface area contributed by atoms with E-state index >= 15 is 0 Å². The van der Waals surface area contributed by atoms with E-state index in [0.29, 0.717) is 6.42 Å². The van der Waals surface area contributed by atoms with Crippen molar-refractivity contribution >= 4 is 43.7 Å². The predicted molar refractivity (Wildman–Crippen MR) is 95.6 cm³/mol. The van der Waals surface area contributed by atoms with Crippen LogP contribution >= 0.6 is 0 Å². The zero-order valence-corrected chi connectivity index (χ0v) is 13.4. The Bertz CT molecular complexity index is 239. The third-order valence-electron chi connectivity index (χ3n) is 3.65. The van der Waals surface area contributed by atoms with E-state index in [9.17, 15) is 4.79 Å². The Morgan fingerprint density at radius 3 is 1.67 bits per heavy atom. The van der Waals surface area contributed by atoms with Gasteiger partial charge in [-0.1, -0.05) is 70.4 Å². The molecule has 0 saturated carbocycles. The third kappa shape index (κ3) is 22.9. The number of rotatable bonds is 15. The third-order valence-corrected chi connectivity index (χ3v) is 3.65. The molecule has 0 aromatic rings. The molecule has 0 fully saturated rings. The van der Waals surface area contributed by atoms with Crippen LogP contribution in [0.5, 0.6) is 0 Å². The standard InChI is InChI=1S/C18H34O2.Ca.2H/c1-2-3-4-5-6-7-8-9-10-11-12-13-14-15-16-17-18(19)20;;;/h9-10H,2-8,11-17H2,1H3,(H,19,20);;;/b10-9+;;;.